The maximum atomic E-state index is 14.0. The summed E-state index contributed by atoms with van der Waals surface area (Å²) >= 11 is 5.40. The van der Waals surface area contributed by atoms with Crippen molar-refractivity contribution in [2.45, 2.75) is 73.2 Å². The second-order valence-electron chi connectivity index (χ2n) is 9.16. The van der Waals surface area contributed by atoms with Gasteiger partial charge in [0.25, 0.3) is 0 Å². The third-order valence-electron chi connectivity index (χ3n) is 7.08. The standard InChI is InChI=1S/C24H37BrN2O5S/c1-4-7-12-26(11-5-2)22(30)20-24-15-16(25)19(33-24)17(23(31)32-6-3)18(24)21(29)27(20)13-9-8-10-14-28/h5,16-20,28H,2,4,6-15H2,1,3H3/t16?,17-,18+,19-,20?,24?/m1/s1. The molecule has 2 bridgehead atoms. The van der Waals surface area contributed by atoms with Crippen molar-refractivity contribution in [1.29, 1.82) is 0 Å². The summed E-state index contributed by atoms with van der Waals surface area (Å²) < 4.78 is 4.75. The molecule has 3 aliphatic rings. The van der Waals surface area contributed by atoms with E-state index in [4.69, 9.17) is 9.84 Å². The molecule has 3 fully saturated rings. The number of aliphatic hydroxyl groups is 1. The van der Waals surface area contributed by atoms with Crippen LogP contribution in [0.4, 0.5) is 0 Å². The van der Waals surface area contributed by atoms with Crippen LogP contribution >= 0.6 is 27.7 Å². The molecule has 3 unspecified atom stereocenters. The van der Waals surface area contributed by atoms with Crippen LogP contribution in [-0.4, -0.2) is 86.4 Å². The molecular formula is C24H37BrN2O5S. The van der Waals surface area contributed by atoms with Crippen molar-refractivity contribution in [2.24, 2.45) is 11.8 Å². The van der Waals surface area contributed by atoms with Crippen molar-refractivity contribution >= 4 is 45.5 Å². The lowest BCUT2D eigenvalue weighted by Gasteiger charge is -2.37. The van der Waals surface area contributed by atoms with Crippen LogP contribution in [-0.2, 0) is 19.1 Å². The molecule has 6 atom stereocenters. The summed E-state index contributed by atoms with van der Waals surface area (Å²) in [4.78, 5) is 44.4. The molecule has 33 heavy (non-hydrogen) atoms. The van der Waals surface area contributed by atoms with Gasteiger partial charge in [0.2, 0.25) is 11.8 Å². The number of likely N-dealkylation sites (tertiary alicyclic amines) is 1. The predicted octanol–water partition coefficient (Wildman–Crippen LogP) is 2.99. The van der Waals surface area contributed by atoms with E-state index in [9.17, 15) is 14.4 Å². The summed E-state index contributed by atoms with van der Waals surface area (Å²) in [6.45, 7) is 9.59. The second-order valence-corrected chi connectivity index (χ2v) is 11.9. The van der Waals surface area contributed by atoms with Gasteiger partial charge in [-0.2, -0.15) is 0 Å². The van der Waals surface area contributed by atoms with Gasteiger partial charge in [0.15, 0.2) is 0 Å². The number of carbonyl (C=O) groups excluding carboxylic acids is 3. The lowest BCUT2D eigenvalue weighted by atomic mass is 9.71. The number of unbranched alkanes of at least 4 members (excludes halogenated alkanes) is 3. The number of carbonyl (C=O) groups is 3. The SMILES string of the molecule is C=CCN(CCCC)C(=O)C1N(CCCCCO)C(=O)[C@@H]2[C@@H](C(=O)OCC)[C@@H]3SC12CC3Br. The van der Waals surface area contributed by atoms with Crippen LogP contribution in [0.25, 0.3) is 0 Å². The number of hydrogen-bond acceptors (Lipinski definition) is 6. The van der Waals surface area contributed by atoms with Crippen LogP contribution in [0.3, 0.4) is 0 Å². The minimum Gasteiger partial charge on any atom is -0.466 e. The Morgan fingerprint density at radius 1 is 1.33 bits per heavy atom. The van der Waals surface area contributed by atoms with Crippen LogP contribution in [0.1, 0.15) is 52.4 Å². The number of fused-ring (bicyclic) bond motifs is 1. The molecule has 3 rings (SSSR count). The van der Waals surface area contributed by atoms with E-state index in [-0.39, 0.29) is 41.1 Å². The van der Waals surface area contributed by atoms with Gasteiger partial charge in [-0.05, 0) is 39.0 Å². The van der Waals surface area contributed by atoms with Gasteiger partial charge in [0.05, 0.1) is 23.2 Å². The number of rotatable bonds is 13. The monoisotopic (exact) mass is 544 g/mol. The molecule has 7 nitrogen and oxygen atoms in total. The summed E-state index contributed by atoms with van der Waals surface area (Å²) in [5.41, 5.74) is 0. The summed E-state index contributed by atoms with van der Waals surface area (Å²) in [7, 11) is 0. The van der Waals surface area contributed by atoms with E-state index >= 15 is 0 Å². The number of aliphatic hydroxyl groups excluding tert-OH is 1. The van der Waals surface area contributed by atoms with Crippen LogP contribution in [0.5, 0.6) is 0 Å². The molecule has 1 N–H and O–H groups in total. The average molecular weight is 546 g/mol. The van der Waals surface area contributed by atoms with Crippen molar-refractivity contribution in [2.75, 3.05) is 32.8 Å². The molecular weight excluding hydrogens is 508 g/mol. The highest BCUT2D eigenvalue weighted by Gasteiger charge is 2.76. The summed E-state index contributed by atoms with van der Waals surface area (Å²) in [5.74, 6) is -1.55. The Balaban J connectivity index is 1.98. The van der Waals surface area contributed by atoms with Crippen molar-refractivity contribution in [3.63, 3.8) is 0 Å². The molecule has 3 heterocycles. The third kappa shape index (κ3) is 4.87. The van der Waals surface area contributed by atoms with Crippen molar-refractivity contribution in [3.8, 4) is 0 Å². The number of nitrogens with zero attached hydrogens (tertiary/aromatic N) is 2. The number of amides is 2. The molecule has 3 saturated heterocycles. The number of thioether (sulfide) groups is 1. The topological polar surface area (TPSA) is 87.2 Å². The first-order valence-corrected chi connectivity index (χ1v) is 14.0. The van der Waals surface area contributed by atoms with E-state index < -0.39 is 22.6 Å². The van der Waals surface area contributed by atoms with Crippen LogP contribution in [0, 0.1) is 11.8 Å². The van der Waals surface area contributed by atoms with Gasteiger partial charge < -0.3 is 19.6 Å². The minimum absolute atomic E-state index is 0.0429. The van der Waals surface area contributed by atoms with Gasteiger partial charge in [-0.1, -0.05) is 35.4 Å². The fourth-order valence-corrected chi connectivity index (χ4v) is 9.29. The highest BCUT2D eigenvalue weighted by atomic mass is 79.9. The van der Waals surface area contributed by atoms with Crippen LogP contribution < -0.4 is 0 Å². The molecule has 1 spiro atoms. The van der Waals surface area contributed by atoms with E-state index in [2.05, 4.69) is 29.4 Å². The minimum atomic E-state index is -0.632. The van der Waals surface area contributed by atoms with E-state index in [0.29, 0.717) is 38.9 Å². The zero-order valence-electron chi connectivity index (χ0n) is 19.7. The number of ether oxygens (including phenoxy) is 1. The Kier molecular flexibility index (Phi) is 9.31. The summed E-state index contributed by atoms with van der Waals surface area (Å²) in [6, 6.07) is -0.601. The average Bonchev–Trinajstić information content (AvgIpc) is 3.37. The number of esters is 1. The van der Waals surface area contributed by atoms with E-state index in [1.54, 1.807) is 29.7 Å². The van der Waals surface area contributed by atoms with Crippen LogP contribution in [0.2, 0.25) is 0 Å². The van der Waals surface area contributed by atoms with Crippen molar-refractivity contribution in [3.05, 3.63) is 12.7 Å². The van der Waals surface area contributed by atoms with Gasteiger partial charge in [0.1, 0.15) is 6.04 Å². The number of halogens is 1. The van der Waals surface area contributed by atoms with Crippen LogP contribution in [0.15, 0.2) is 12.7 Å². The first-order chi connectivity index (χ1) is 15.9. The van der Waals surface area contributed by atoms with E-state index in [1.807, 2.05) is 4.90 Å². The Hall–Kier alpha value is -1.06. The molecule has 0 aliphatic carbocycles. The van der Waals surface area contributed by atoms with E-state index in [1.165, 1.54) is 0 Å². The smallest absolute Gasteiger partial charge is 0.310 e. The molecule has 2 amide bonds. The van der Waals surface area contributed by atoms with Crippen molar-refractivity contribution < 1.29 is 24.2 Å². The summed E-state index contributed by atoms with van der Waals surface area (Å²) in [5, 5.41) is 9.07. The molecule has 0 aromatic carbocycles. The van der Waals surface area contributed by atoms with Gasteiger partial charge in [-0.3, -0.25) is 14.4 Å². The predicted molar refractivity (Wildman–Crippen MR) is 133 cm³/mol. The first kappa shape index (κ1) is 26.5. The maximum Gasteiger partial charge on any atom is 0.310 e. The highest BCUT2D eigenvalue weighted by molar-refractivity contribution is 9.09. The highest BCUT2D eigenvalue weighted by Crippen LogP contribution is 2.68. The molecule has 0 radical (unpaired) electrons. The first-order valence-electron chi connectivity index (χ1n) is 12.2. The van der Waals surface area contributed by atoms with Gasteiger partial charge >= 0.3 is 5.97 Å². The van der Waals surface area contributed by atoms with E-state index in [0.717, 1.165) is 19.3 Å². The lowest BCUT2D eigenvalue weighted by Crippen LogP contribution is -2.55. The lowest BCUT2D eigenvalue weighted by molar-refractivity contribution is -0.153. The molecule has 3 aliphatic heterocycles. The zero-order chi connectivity index (χ0) is 24.2. The largest absolute Gasteiger partial charge is 0.466 e. The Bertz CT molecular complexity index is 752. The molecule has 9 heteroatoms. The number of alkyl halides is 1. The maximum absolute atomic E-state index is 14.0. The molecule has 186 valence electrons. The molecule has 0 aromatic heterocycles. The Labute approximate surface area is 209 Å². The van der Waals surface area contributed by atoms with Gasteiger partial charge in [0, 0.05) is 36.3 Å². The quantitative estimate of drug-likeness (QED) is 0.166. The normalized spacial score (nSPS) is 32.2. The second kappa shape index (κ2) is 11.6. The Morgan fingerprint density at radius 2 is 2.09 bits per heavy atom. The zero-order valence-corrected chi connectivity index (χ0v) is 22.1. The van der Waals surface area contributed by atoms with Gasteiger partial charge in [-0.25, -0.2) is 0 Å². The van der Waals surface area contributed by atoms with Crippen molar-refractivity contribution in [1.82, 2.24) is 9.80 Å². The fraction of sp³-hybridized carbons (Fsp3) is 0.792. The van der Waals surface area contributed by atoms with Gasteiger partial charge in [-0.15, -0.1) is 18.3 Å². The third-order valence-corrected chi connectivity index (χ3v) is 10.3. The summed E-state index contributed by atoms with van der Waals surface area (Å²) in [6.07, 6.45) is 6.42. The number of hydrogen-bond donors (Lipinski definition) is 1. The fourth-order valence-electron chi connectivity index (χ4n) is 5.70. The molecule has 0 saturated carbocycles. The molecule has 0 aromatic rings. The Morgan fingerprint density at radius 3 is 2.73 bits per heavy atom.